The lowest BCUT2D eigenvalue weighted by molar-refractivity contribution is -0.287. The molecule has 134 valence electrons. The minimum absolute atomic E-state index is 0.165. The normalized spacial score (nSPS) is 50.7. The maximum atomic E-state index is 10.3. The van der Waals surface area contributed by atoms with Crippen LogP contribution in [0, 0.1) is 22.7 Å². The summed E-state index contributed by atoms with van der Waals surface area (Å²) in [6, 6.07) is 0. The van der Waals surface area contributed by atoms with Crippen molar-refractivity contribution in [2.24, 2.45) is 22.7 Å². The van der Waals surface area contributed by atoms with E-state index in [1.54, 1.807) is 0 Å². The molecule has 2 aliphatic carbocycles. The fourth-order valence-corrected chi connectivity index (χ4v) is 6.81. The fourth-order valence-electron chi connectivity index (χ4n) is 6.81. The van der Waals surface area contributed by atoms with E-state index in [-0.39, 0.29) is 12.2 Å². The molecule has 0 aromatic rings. The molecule has 3 aliphatic rings. The van der Waals surface area contributed by atoms with E-state index in [0.717, 1.165) is 25.2 Å². The molecule has 1 aliphatic heterocycles. The van der Waals surface area contributed by atoms with Crippen molar-refractivity contribution in [3.8, 4) is 0 Å². The molecule has 23 heavy (non-hydrogen) atoms. The van der Waals surface area contributed by atoms with E-state index in [1.807, 2.05) is 6.92 Å². The molecule has 0 spiro atoms. The highest BCUT2D eigenvalue weighted by atomic mass is 16.5. The number of hydrogen-bond acceptors (Lipinski definition) is 3. The highest BCUT2D eigenvalue weighted by molar-refractivity contribution is 5.11. The summed E-state index contributed by atoms with van der Waals surface area (Å²) in [4.78, 5) is 0. The molecule has 6 atom stereocenters. The number of aliphatic hydroxyl groups is 2. The second-order valence-corrected chi connectivity index (χ2v) is 9.96. The Bertz CT molecular complexity index is 462. The molecule has 2 saturated carbocycles. The van der Waals surface area contributed by atoms with Crippen molar-refractivity contribution in [3.05, 3.63) is 0 Å². The van der Waals surface area contributed by atoms with Crippen LogP contribution < -0.4 is 0 Å². The zero-order valence-electron chi connectivity index (χ0n) is 15.7. The van der Waals surface area contributed by atoms with Crippen LogP contribution in [0.3, 0.4) is 0 Å². The molecular formula is C20H36O3. The molecule has 0 aromatic heterocycles. The summed E-state index contributed by atoms with van der Waals surface area (Å²) in [5, 5.41) is 19.7. The standard InChI is InChI=1S/C20H36O3/c1-17(2)9-6-10-18(3)14(17)7-11-19(4)15(18)8-12-20(5,23-19)16(22)13-21/h14-16,21-22H,6-13H2,1-5H3. The third kappa shape index (κ3) is 2.58. The van der Waals surface area contributed by atoms with Gasteiger partial charge in [0.2, 0.25) is 0 Å². The molecular weight excluding hydrogens is 288 g/mol. The molecule has 2 N–H and O–H groups in total. The van der Waals surface area contributed by atoms with Crippen LogP contribution in [0.1, 0.15) is 79.6 Å². The third-order valence-electron chi connectivity index (χ3n) is 8.01. The number of rotatable bonds is 2. The molecule has 3 heteroatoms. The first-order valence-corrected chi connectivity index (χ1v) is 9.57. The van der Waals surface area contributed by atoms with Crippen molar-refractivity contribution in [1.29, 1.82) is 0 Å². The lowest BCUT2D eigenvalue weighted by Crippen LogP contribution is -2.64. The summed E-state index contributed by atoms with van der Waals surface area (Å²) in [5.74, 6) is 1.34. The van der Waals surface area contributed by atoms with Gasteiger partial charge in [0, 0.05) is 0 Å². The predicted octanol–water partition coefficient (Wildman–Crippen LogP) is 3.91. The molecule has 0 bridgehead atoms. The first-order valence-electron chi connectivity index (χ1n) is 9.57. The Morgan fingerprint density at radius 2 is 1.61 bits per heavy atom. The average molecular weight is 325 g/mol. The van der Waals surface area contributed by atoms with Gasteiger partial charge >= 0.3 is 0 Å². The van der Waals surface area contributed by atoms with Crippen LogP contribution >= 0.6 is 0 Å². The Labute approximate surface area is 141 Å². The molecule has 0 aromatic carbocycles. The average Bonchev–Trinajstić information content (AvgIpc) is 2.44. The quantitative estimate of drug-likeness (QED) is 0.809. The van der Waals surface area contributed by atoms with Crippen LogP contribution in [-0.2, 0) is 4.74 Å². The highest BCUT2D eigenvalue weighted by Crippen LogP contribution is 2.65. The monoisotopic (exact) mass is 324 g/mol. The van der Waals surface area contributed by atoms with Crippen LogP contribution in [0.4, 0.5) is 0 Å². The Kier molecular flexibility index (Phi) is 4.18. The van der Waals surface area contributed by atoms with Crippen molar-refractivity contribution in [1.82, 2.24) is 0 Å². The van der Waals surface area contributed by atoms with Gasteiger partial charge in [0.1, 0.15) is 6.10 Å². The molecule has 3 rings (SSSR count). The van der Waals surface area contributed by atoms with Crippen molar-refractivity contribution < 1.29 is 14.9 Å². The van der Waals surface area contributed by atoms with Crippen molar-refractivity contribution in [3.63, 3.8) is 0 Å². The Balaban J connectivity index is 1.90. The van der Waals surface area contributed by atoms with Gasteiger partial charge in [0.25, 0.3) is 0 Å². The SMILES string of the molecule is CC1(C)CCCC2(C)C1CCC1(C)OC(C)(C(O)CO)CCC12. The van der Waals surface area contributed by atoms with E-state index in [1.165, 1.54) is 25.7 Å². The van der Waals surface area contributed by atoms with Crippen LogP contribution in [0.25, 0.3) is 0 Å². The summed E-state index contributed by atoms with van der Waals surface area (Å²) in [6.07, 6.45) is 7.45. The first kappa shape index (κ1) is 17.7. The minimum Gasteiger partial charge on any atom is -0.394 e. The van der Waals surface area contributed by atoms with Gasteiger partial charge in [-0.05, 0) is 75.0 Å². The molecule has 1 heterocycles. The topological polar surface area (TPSA) is 49.7 Å². The Morgan fingerprint density at radius 1 is 0.957 bits per heavy atom. The summed E-state index contributed by atoms with van der Waals surface area (Å²) in [5.41, 5.74) is 0.00907. The predicted molar refractivity (Wildman–Crippen MR) is 92.2 cm³/mol. The van der Waals surface area contributed by atoms with Crippen molar-refractivity contribution >= 4 is 0 Å². The smallest absolute Gasteiger partial charge is 0.106 e. The van der Waals surface area contributed by atoms with Gasteiger partial charge < -0.3 is 14.9 Å². The van der Waals surface area contributed by atoms with Crippen LogP contribution in [0.2, 0.25) is 0 Å². The van der Waals surface area contributed by atoms with E-state index in [2.05, 4.69) is 27.7 Å². The number of aliphatic hydroxyl groups excluding tert-OH is 2. The van der Waals surface area contributed by atoms with Crippen LogP contribution in [0.5, 0.6) is 0 Å². The van der Waals surface area contributed by atoms with Crippen LogP contribution in [-0.4, -0.2) is 34.1 Å². The second-order valence-electron chi connectivity index (χ2n) is 9.96. The van der Waals surface area contributed by atoms with Gasteiger partial charge in [0.05, 0.1) is 17.8 Å². The maximum Gasteiger partial charge on any atom is 0.106 e. The van der Waals surface area contributed by atoms with E-state index in [4.69, 9.17) is 4.74 Å². The molecule has 0 radical (unpaired) electrons. The van der Waals surface area contributed by atoms with Gasteiger partial charge in [-0.1, -0.05) is 27.2 Å². The van der Waals surface area contributed by atoms with Crippen LogP contribution in [0.15, 0.2) is 0 Å². The van der Waals surface area contributed by atoms with E-state index in [9.17, 15) is 10.2 Å². The molecule has 1 saturated heterocycles. The second kappa shape index (κ2) is 5.44. The fraction of sp³-hybridized carbons (Fsp3) is 1.00. The molecule has 0 amide bonds. The molecule has 6 unspecified atom stereocenters. The lowest BCUT2D eigenvalue weighted by Gasteiger charge is -2.65. The maximum absolute atomic E-state index is 10.3. The van der Waals surface area contributed by atoms with Crippen molar-refractivity contribution in [2.45, 2.75) is 96.9 Å². The van der Waals surface area contributed by atoms with Crippen molar-refractivity contribution in [2.75, 3.05) is 6.61 Å². The molecule has 3 fully saturated rings. The summed E-state index contributed by atoms with van der Waals surface area (Å²) in [6.45, 7) is 11.5. The first-order chi connectivity index (χ1) is 10.6. The van der Waals surface area contributed by atoms with Gasteiger partial charge in [0.15, 0.2) is 0 Å². The summed E-state index contributed by atoms with van der Waals surface area (Å²) < 4.78 is 6.59. The van der Waals surface area contributed by atoms with Gasteiger partial charge in [-0.15, -0.1) is 0 Å². The Morgan fingerprint density at radius 3 is 2.26 bits per heavy atom. The van der Waals surface area contributed by atoms with E-state index in [0.29, 0.717) is 16.7 Å². The summed E-state index contributed by atoms with van der Waals surface area (Å²) >= 11 is 0. The Hall–Kier alpha value is -0.120. The number of ether oxygens (including phenoxy) is 1. The highest BCUT2D eigenvalue weighted by Gasteiger charge is 2.62. The van der Waals surface area contributed by atoms with E-state index >= 15 is 0 Å². The van der Waals surface area contributed by atoms with Gasteiger partial charge in [-0.2, -0.15) is 0 Å². The lowest BCUT2D eigenvalue weighted by atomic mass is 9.44. The zero-order chi connectivity index (χ0) is 17.1. The molecule has 3 nitrogen and oxygen atoms in total. The third-order valence-corrected chi connectivity index (χ3v) is 8.01. The minimum atomic E-state index is -0.784. The summed E-state index contributed by atoms with van der Waals surface area (Å²) in [7, 11) is 0. The van der Waals surface area contributed by atoms with Gasteiger partial charge in [-0.25, -0.2) is 0 Å². The largest absolute Gasteiger partial charge is 0.394 e. The van der Waals surface area contributed by atoms with E-state index < -0.39 is 11.7 Å². The zero-order valence-corrected chi connectivity index (χ0v) is 15.7. The van der Waals surface area contributed by atoms with Gasteiger partial charge in [-0.3, -0.25) is 0 Å². The number of hydrogen-bond donors (Lipinski definition) is 2. The number of fused-ring (bicyclic) bond motifs is 3.